The van der Waals surface area contributed by atoms with Crippen LogP contribution < -0.4 is 10.6 Å². The van der Waals surface area contributed by atoms with Gasteiger partial charge in [-0.05, 0) is 31.2 Å². The number of aliphatic hydroxyl groups excluding tert-OH is 1. The second-order valence-corrected chi connectivity index (χ2v) is 4.68. The van der Waals surface area contributed by atoms with Crippen molar-refractivity contribution < 1.29 is 14.3 Å². The maximum Gasteiger partial charge on any atom is 0.251 e. The van der Waals surface area contributed by atoms with Crippen LogP contribution in [0.4, 0.5) is 4.39 Å². The van der Waals surface area contributed by atoms with Crippen LogP contribution in [-0.4, -0.2) is 36.2 Å². The van der Waals surface area contributed by atoms with Gasteiger partial charge in [-0.1, -0.05) is 11.6 Å². The zero-order valence-electron chi connectivity index (χ0n) is 9.62. The Labute approximate surface area is 109 Å². The van der Waals surface area contributed by atoms with Crippen LogP contribution in [0.2, 0.25) is 5.02 Å². The first kappa shape index (κ1) is 13.3. The minimum atomic E-state index is -0.612. The lowest BCUT2D eigenvalue weighted by molar-refractivity contribution is 0.0765. The highest BCUT2D eigenvalue weighted by Crippen LogP contribution is 2.16. The van der Waals surface area contributed by atoms with Gasteiger partial charge in [-0.25, -0.2) is 4.39 Å². The van der Waals surface area contributed by atoms with Crippen molar-refractivity contribution in [2.45, 2.75) is 18.6 Å². The van der Waals surface area contributed by atoms with E-state index in [9.17, 15) is 14.3 Å². The summed E-state index contributed by atoms with van der Waals surface area (Å²) in [6.45, 7) is 1.20. The molecule has 1 amide bonds. The summed E-state index contributed by atoms with van der Waals surface area (Å²) in [5.74, 6) is -0.919. The van der Waals surface area contributed by atoms with Crippen molar-refractivity contribution >= 4 is 17.5 Å². The van der Waals surface area contributed by atoms with Gasteiger partial charge in [0.1, 0.15) is 5.82 Å². The van der Waals surface area contributed by atoms with Crippen molar-refractivity contribution in [2.75, 3.05) is 13.1 Å². The molecule has 0 aromatic heterocycles. The van der Waals surface area contributed by atoms with E-state index in [4.69, 9.17) is 11.6 Å². The summed E-state index contributed by atoms with van der Waals surface area (Å²) in [4.78, 5) is 11.9. The second-order valence-electron chi connectivity index (χ2n) is 4.27. The van der Waals surface area contributed by atoms with E-state index in [2.05, 4.69) is 10.6 Å². The fourth-order valence-corrected chi connectivity index (χ4v) is 2.08. The smallest absolute Gasteiger partial charge is 0.251 e. The van der Waals surface area contributed by atoms with Gasteiger partial charge in [-0.2, -0.15) is 0 Å². The summed E-state index contributed by atoms with van der Waals surface area (Å²) in [5.41, 5.74) is 0.284. The van der Waals surface area contributed by atoms with Crippen LogP contribution in [0.5, 0.6) is 0 Å². The van der Waals surface area contributed by atoms with E-state index >= 15 is 0 Å². The Kier molecular flexibility index (Phi) is 4.16. The highest BCUT2D eigenvalue weighted by molar-refractivity contribution is 6.31. The number of benzene rings is 1. The van der Waals surface area contributed by atoms with Gasteiger partial charge in [-0.15, -0.1) is 0 Å². The molecule has 1 aliphatic heterocycles. The number of carbonyl (C=O) groups is 1. The minimum Gasteiger partial charge on any atom is -0.390 e. The lowest BCUT2D eigenvalue weighted by Gasteiger charge is -2.29. The highest BCUT2D eigenvalue weighted by Gasteiger charge is 2.24. The zero-order chi connectivity index (χ0) is 13.1. The largest absolute Gasteiger partial charge is 0.390 e. The van der Waals surface area contributed by atoms with Crippen molar-refractivity contribution in [3.63, 3.8) is 0 Å². The summed E-state index contributed by atoms with van der Waals surface area (Å²) in [5, 5.41) is 15.4. The third-order valence-corrected chi connectivity index (χ3v) is 3.24. The molecule has 1 saturated heterocycles. The first-order valence-electron chi connectivity index (χ1n) is 5.72. The Hall–Kier alpha value is -1.17. The fourth-order valence-electron chi connectivity index (χ4n) is 1.90. The molecule has 6 heteroatoms. The fraction of sp³-hybridized carbons (Fsp3) is 0.417. The third-order valence-electron chi connectivity index (χ3n) is 2.95. The van der Waals surface area contributed by atoms with E-state index in [0.29, 0.717) is 13.0 Å². The summed E-state index contributed by atoms with van der Waals surface area (Å²) >= 11 is 5.61. The number of hydrogen-bond donors (Lipinski definition) is 3. The molecule has 98 valence electrons. The number of hydrogen-bond acceptors (Lipinski definition) is 3. The molecule has 0 saturated carbocycles. The van der Waals surface area contributed by atoms with Crippen LogP contribution in [0, 0.1) is 5.82 Å². The molecule has 0 unspecified atom stereocenters. The predicted molar refractivity (Wildman–Crippen MR) is 66.2 cm³/mol. The third kappa shape index (κ3) is 2.98. The molecule has 1 aromatic carbocycles. The molecule has 18 heavy (non-hydrogen) atoms. The molecule has 0 bridgehead atoms. The maximum absolute atomic E-state index is 13.0. The van der Waals surface area contributed by atoms with Crippen molar-refractivity contribution in [2.24, 2.45) is 0 Å². The molecule has 0 radical (unpaired) electrons. The van der Waals surface area contributed by atoms with E-state index in [1.54, 1.807) is 0 Å². The molecule has 1 aromatic rings. The highest BCUT2D eigenvalue weighted by atomic mass is 35.5. The lowest BCUT2D eigenvalue weighted by atomic mass is 10.0. The van der Waals surface area contributed by atoms with Gasteiger partial charge in [0.25, 0.3) is 5.91 Å². The summed E-state index contributed by atoms with van der Waals surface area (Å²) in [7, 11) is 0. The number of rotatable bonds is 2. The second kappa shape index (κ2) is 5.65. The molecule has 1 fully saturated rings. The van der Waals surface area contributed by atoms with Gasteiger partial charge >= 0.3 is 0 Å². The molecular weight excluding hydrogens is 259 g/mol. The van der Waals surface area contributed by atoms with E-state index in [-0.39, 0.29) is 22.5 Å². The van der Waals surface area contributed by atoms with Crippen LogP contribution in [0.15, 0.2) is 18.2 Å². The number of piperidine rings is 1. The lowest BCUT2D eigenvalue weighted by Crippen LogP contribution is -2.52. The molecule has 4 nitrogen and oxygen atoms in total. The molecular formula is C12H14ClFN2O2. The summed E-state index contributed by atoms with van der Waals surface area (Å²) in [6, 6.07) is 3.50. The van der Waals surface area contributed by atoms with Crippen molar-refractivity contribution in [3.05, 3.63) is 34.6 Å². The Morgan fingerprint density at radius 3 is 3.00 bits per heavy atom. The maximum atomic E-state index is 13.0. The standard InChI is InChI=1S/C12H14ClFN2O2/c13-8-5-7(1-2-9(8)14)12(18)16-10-3-4-15-6-11(10)17/h1-2,5,10-11,15,17H,3-4,6H2,(H,16,18)/t10-,11-/m1/s1. The molecule has 3 N–H and O–H groups in total. The van der Waals surface area contributed by atoms with Crippen LogP contribution in [0.3, 0.4) is 0 Å². The van der Waals surface area contributed by atoms with Gasteiger partial charge in [0.2, 0.25) is 0 Å². The Morgan fingerprint density at radius 1 is 1.56 bits per heavy atom. The zero-order valence-corrected chi connectivity index (χ0v) is 10.4. The summed E-state index contributed by atoms with van der Waals surface area (Å²) < 4.78 is 13.0. The van der Waals surface area contributed by atoms with Crippen molar-refractivity contribution in [3.8, 4) is 0 Å². The van der Waals surface area contributed by atoms with Crippen LogP contribution in [0.1, 0.15) is 16.8 Å². The molecule has 1 aliphatic rings. The number of amides is 1. The Balaban J connectivity index is 2.04. The SMILES string of the molecule is O=C(N[C@@H]1CCNC[C@H]1O)c1ccc(F)c(Cl)c1. The Bertz CT molecular complexity index is 456. The monoisotopic (exact) mass is 272 g/mol. The van der Waals surface area contributed by atoms with Gasteiger partial charge in [0.15, 0.2) is 0 Å². The molecule has 0 aliphatic carbocycles. The minimum absolute atomic E-state index is 0.0893. The average molecular weight is 273 g/mol. The molecule has 1 heterocycles. The van der Waals surface area contributed by atoms with Gasteiger partial charge < -0.3 is 15.7 Å². The average Bonchev–Trinajstić information content (AvgIpc) is 2.35. The van der Waals surface area contributed by atoms with E-state index in [1.807, 2.05) is 0 Å². The van der Waals surface area contributed by atoms with E-state index < -0.39 is 11.9 Å². The predicted octanol–water partition coefficient (Wildman–Crippen LogP) is 0.932. The molecule has 2 rings (SSSR count). The topological polar surface area (TPSA) is 61.4 Å². The number of aliphatic hydroxyl groups is 1. The van der Waals surface area contributed by atoms with Gasteiger partial charge in [-0.3, -0.25) is 4.79 Å². The first-order valence-corrected chi connectivity index (χ1v) is 6.10. The number of halogens is 2. The van der Waals surface area contributed by atoms with Crippen molar-refractivity contribution in [1.82, 2.24) is 10.6 Å². The number of β-amino-alcohol motifs (C(OH)–C–C–N with tert-alkyl or cyclic N) is 1. The van der Waals surface area contributed by atoms with E-state index in [0.717, 1.165) is 12.6 Å². The van der Waals surface area contributed by atoms with Gasteiger partial charge in [0, 0.05) is 12.1 Å². The first-order chi connectivity index (χ1) is 8.58. The number of nitrogens with one attached hydrogen (secondary N) is 2. The van der Waals surface area contributed by atoms with Crippen LogP contribution in [-0.2, 0) is 0 Å². The van der Waals surface area contributed by atoms with Crippen LogP contribution in [0.25, 0.3) is 0 Å². The van der Waals surface area contributed by atoms with Crippen LogP contribution >= 0.6 is 11.6 Å². The normalized spacial score (nSPS) is 23.7. The molecule has 0 spiro atoms. The quantitative estimate of drug-likeness (QED) is 0.751. The summed E-state index contributed by atoms with van der Waals surface area (Å²) in [6.07, 6.45) is 0.0422. The molecule has 2 atom stereocenters. The van der Waals surface area contributed by atoms with E-state index in [1.165, 1.54) is 12.1 Å². The Morgan fingerprint density at radius 2 is 2.33 bits per heavy atom. The van der Waals surface area contributed by atoms with Crippen molar-refractivity contribution in [1.29, 1.82) is 0 Å². The van der Waals surface area contributed by atoms with Gasteiger partial charge in [0.05, 0.1) is 17.2 Å². The number of carbonyl (C=O) groups excluding carboxylic acids is 1.